The van der Waals surface area contributed by atoms with Crippen molar-refractivity contribution in [2.24, 2.45) is 5.92 Å². The smallest absolute Gasteiger partial charge is 0.322 e. The van der Waals surface area contributed by atoms with E-state index in [4.69, 9.17) is 71.1 Å². The van der Waals surface area contributed by atoms with E-state index in [1.807, 2.05) is 0 Å². The van der Waals surface area contributed by atoms with Gasteiger partial charge in [-0.15, -0.1) is 0 Å². The second-order valence-corrected chi connectivity index (χ2v) is 18.5. The second kappa shape index (κ2) is 44.1. The molecule has 0 spiro atoms. The molecule has 13 atom stereocenters. The number of carbonyl (C=O) groups is 3. The Kier molecular flexibility index (Phi) is 39.2. The molecule has 15 N–H and O–H groups in total. The minimum absolute atomic E-state index is 0.00989. The van der Waals surface area contributed by atoms with Crippen molar-refractivity contribution in [3.63, 3.8) is 0 Å². The van der Waals surface area contributed by atoms with E-state index in [1.54, 1.807) is 0 Å². The summed E-state index contributed by atoms with van der Waals surface area (Å²) in [6.07, 6.45) is -18.0. The summed E-state index contributed by atoms with van der Waals surface area (Å²) in [5.74, 6) is -2.28. The van der Waals surface area contributed by atoms with Crippen molar-refractivity contribution >= 4 is 17.7 Å². The van der Waals surface area contributed by atoms with Crippen LogP contribution in [0, 0.1) is 5.92 Å². The molecule has 0 bridgehead atoms. The van der Waals surface area contributed by atoms with Crippen molar-refractivity contribution < 1.29 is 147 Å². The van der Waals surface area contributed by atoms with Gasteiger partial charge in [0.1, 0.15) is 67.6 Å². The lowest BCUT2D eigenvalue weighted by molar-refractivity contribution is -0.302. The number of nitrogens with one attached hydrogen (secondary N) is 3. The molecule has 3 amide bonds. The van der Waals surface area contributed by atoms with Crippen molar-refractivity contribution in [3.8, 4) is 0 Å². The van der Waals surface area contributed by atoms with Gasteiger partial charge in [-0.1, -0.05) is 0 Å². The molecule has 0 aromatic heterocycles. The molecule has 0 aromatic carbocycles. The molecule has 3 heterocycles. The molecule has 0 saturated carbocycles. The van der Waals surface area contributed by atoms with Gasteiger partial charge in [0.05, 0.1) is 152 Å². The second-order valence-electron chi connectivity index (χ2n) is 18.5. The summed E-state index contributed by atoms with van der Waals surface area (Å²) in [6.45, 7) is 1.55. The fourth-order valence-corrected chi connectivity index (χ4v) is 7.46. The summed E-state index contributed by atoms with van der Waals surface area (Å²) >= 11 is 0. The Morgan fingerprint density at radius 1 is 0.402 bits per heavy atom. The van der Waals surface area contributed by atoms with Crippen LogP contribution in [0.1, 0.15) is 19.3 Å². The highest BCUT2D eigenvalue weighted by Crippen LogP contribution is 2.25. The van der Waals surface area contributed by atoms with Crippen LogP contribution in [0.15, 0.2) is 11.7 Å². The predicted octanol–water partition coefficient (Wildman–Crippen LogP) is -8.24. The van der Waals surface area contributed by atoms with E-state index in [1.165, 1.54) is 0 Å². The molecule has 3 rings (SSSR count). The Bertz CT molecular complexity index is 1640. The van der Waals surface area contributed by atoms with Crippen LogP contribution in [0.3, 0.4) is 0 Å². The predicted molar refractivity (Wildman–Crippen MR) is 273 cm³/mol. The molecule has 8 unspecified atom stereocenters. The SMILES string of the molecule is O=C(CCOCC(COCCC(=O)NCCOCCOCCO[C@H]1OC(CO)[C@@H](O)C(O)C1O)COCCC(=O)NCCOCCOCCO[C@H]1OC(CO)[C@@H](O)C(O)C1O)NCCOCCOCCOC1=C(O)C(O)[C@H](O)C(CO)O1. The molecule has 33 heteroatoms. The van der Waals surface area contributed by atoms with E-state index in [-0.39, 0.29) is 201 Å². The Hall–Kier alpha value is -3.41. The zero-order chi connectivity index (χ0) is 59.9. The average molecular weight is 1200 g/mol. The van der Waals surface area contributed by atoms with Crippen LogP contribution in [0.4, 0.5) is 0 Å². The monoisotopic (exact) mass is 1200 g/mol. The maximum absolute atomic E-state index is 12.4. The van der Waals surface area contributed by atoms with E-state index >= 15 is 0 Å². The van der Waals surface area contributed by atoms with Gasteiger partial charge in [-0.05, 0) is 0 Å². The number of carbonyl (C=O) groups excluding carboxylic acids is 3. The summed E-state index contributed by atoms with van der Waals surface area (Å²) in [7, 11) is 0. The van der Waals surface area contributed by atoms with Crippen LogP contribution in [-0.2, 0) is 85.4 Å². The highest BCUT2D eigenvalue weighted by Gasteiger charge is 2.45. The van der Waals surface area contributed by atoms with E-state index in [2.05, 4.69) is 16.0 Å². The largest absolute Gasteiger partial charge is 0.504 e. The van der Waals surface area contributed by atoms with Gasteiger partial charge in [0.2, 0.25) is 23.5 Å². The van der Waals surface area contributed by atoms with Gasteiger partial charge in [0.15, 0.2) is 18.7 Å². The van der Waals surface area contributed by atoms with Gasteiger partial charge in [-0.3, -0.25) is 14.4 Å². The Morgan fingerprint density at radius 3 is 1.11 bits per heavy atom. The highest BCUT2D eigenvalue weighted by atomic mass is 16.7. The number of rotatable bonds is 48. The number of amides is 3. The zero-order valence-corrected chi connectivity index (χ0v) is 46.0. The summed E-state index contributed by atoms with van der Waals surface area (Å²) in [5.41, 5.74) is 0. The molecule has 33 nitrogen and oxygen atoms in total. The Morgan fingerprint density at radius 2 is 0.744 bits per heavy atom. The standard InChI is InChI=1S/C49H89N3O30/c53-25-32-38(59)41(62)44(65)47(80-32)77-22-19-71-16-13-68-10-4-50-35(56)1-7-74-28-31(29-75-8-2-36(57)51-5-11-69-14-17-72-20-23-78-48-45(66)42(63)39(60)33(26-54)81-48)30-76-9-3-37(58)52-6-12-70-15-18-73-21-24-79-49-46(67)43(64)40(61)34(27-55)82-49/h31-34,38-45,47-48,53-55,59-67H,1-30H2,(H,50,56)(H,51,57)(H,52,58)/t31?,32?,33?,34?,38-,39-,40-,41?,42?,43?,44?,45?,47+,48+/m1/s1. The summed E-state index contributed by atoms with van der Waals surface area (Å²) < 4.78 is 81.5. The lowest BCUT2D eigenvalue weighted by Crippen LogP contribution is -2.59. The third kappa shape index (κ3) is 29.1. The molecule has 480 valence electrons. The third-order valence-corrected chi connectivity index (χ3v) is 12.1. The molecule has 2 fully saturated rings. The molecule has 3 aliphatic rings. The van der Waals surface area contributed by atoms with Crippen LogP contribution in [0.25, 0.3) is 0 Å². The molecule has 82 heavy (non-hydrogen) atoms. The minimum Gasteiger partial charge on any atom is -0.504 e. The van der Waals surface area contributed by atoms with E-state index in [0.717, 1.165) is 0 Å². The number of hydrogen-bond donors (Lipinski definition) is 15. The topological polar surface area (TPSA) is 469 Å². The van der Waals surface area contributed by atoms with Gasteiger partial charge in [-0.2, -0.15) is 0 Å². The molecule has 0 aliphatic carbocycles. The minimum atomic E-state index is -1.67. The van der Waals surface area contributed by atoms with Gasteiger partial charge >= 0.3 is 5.95 Å². The fraction of sp³-hybridized carbons (Fsp3) is 0.898. The summed E-state index contributed by atoms with van der Waals surface area (Å²) in [4.78, 5) is 37.3. The first-order chi connectivity index (χ1) is 39.6. The summed E-state index contributed by atoms with van der Waals surface area (Å²) in [6, 6.07) is 0. The van der Waals surface area contributed by atoms with Crippen LogP contribution in [0.5, 0.6) is 0 Å². The van der Waals surface area contributed by atoms with Crippen LogP contribution >= 0.6 is 0 Å². The van der Waals surface area contributed by atoms with Crippen molar-refractivity contribution in [2.45, 2.75) is 99.0 Å². The number of aliphatic hydroxyl groups excluding tert-OH is 12. The first kappa shape index (κ1) is 72.8. The van der Waals surface area contributed by atoms with Gasteiger partial charge in [0, 0.05) is 44.8 Å². The van der Waals surface area contributed by atoms with Gasteiger partial charge < -0.3 is 148 Å². The molecular formula is C49H89N3O30. The van der Waals surface area contributed by atoms with Crippen molar-refractivity contribution in [2.75, 3.05) is 178 Å². The quantitative estimate of drug-likeness (QED) is 0.0252. The zero-order valence-electron chi connectivity index (χ0n) is 46.0. The molecule has 0 radical (unpaired) electrons. The molecule has 0 aromatic rings. The normalized spacial score (nSPS) is 27.0. The van der Waals surface area contributed by atoms with Crippen LogP contribution < -0.4 is 16.0 Å². The third-order valence-electron chi connectivity index (χ3n) is 12.1. The first-order valence-electron chi connectivity index (χ1n) is 27.2. The van der Waals surface area contributed by atoms with Gasteiger partial charge in [0.25, 0.3) is 0 Å². The molecule has 2 saturated heterocycles. The lowest BCUT2D eigenvalue weighted by atomic mass is 9.99. The van der Waals surface area contributed by atoms with Gasteiger partial charge in [-0.25, -0.2) is 0 Å². The highest BCUT2D eigenvalue weighted by molar-refractivity contribution is 5.76. The number of ether oxygens (including phenoxy) is 15. The van der Waals surface area contributed by atoms with Crippen molar-refractivity contribution in [1.82, 2.24) is 16.0 Å². The van der Waals surface area contributed by atoms with Crippen molar-refractivity contribution in [3.05, 3.63) is 11.7 Å². The van der Waals surface area contributed by atoms with Crippen molar-refractivity contribution in [1.29, 1.82) is 0 Å². The van der Waals surface area contributed by atoms with Crippen LogP contribution in [-0.4, -0.2) is 337 Å². The average Bonchev–Trinajstić information content (AvgIpc) is 3.68. The fourth-order valence-electron chi connectivity index (χ4n) is 7.46. The molecule has 3 aliphatic heterocycles. The number of aliphatic hydroxyl groups is 12. The maximum atomic E-state index is 12.4. The maximum Gasteiger partial charge on any atom is 0.322 e. The van der Waals surface area contributed by atoms with E-state index in [9.17, 15) is 75.7 Å². The lowest BCUT2D eigenvalue weighted by Gasteiger charge is -2.39. The summed E-state index contributed by atoms with van der Waals surface area (Å²) in [5, 5.41) is 125. The van der Waals surface area contributed by atoms with E-state index in [0.29, 0.717) is 0 Å². The Balaban J connectivity index is 1.24. The van der Waals surface area contributed by atoms with E-state index < -0.39 is 111 Å². The first-order valence-corrected chi connectivity index (χ1v) is 27.2. The number of hydrogen-bond acceptors (Lipinski definition) is 30. The molecular weight excluding hydrogens is 1110 g/mol. The van der Waals surface area contributed by atoms with Crippen LogP contribution in [0.2, 0.25) is 0 Å². The Labute approximate surface area is 474 Å².